The molecule has 0 heterocycles. The van der Waals surface area contributed by atoms with Crippen LogP contribution in [0.1, 0.15) is 44.9 Å². The second kappa shape index (κ2) is 6.58. The molecule has 0 spiro atoms. The van der Waals surface area contributed by atoms with E-state index in [1.54, 1.807) is 0 Å². The summed E-state index contributed by atoms with van der Waals surface area (Å²) in [5.41, 5.74) is 8.35. The van der Waals surface area contributed by atoms with Gasteiger partial charge in [0.05, 0.1) is 12.6 Å². The van der Waals surface area contributed by atoms with Crippen LogP contribution in [0.3, 0.4) is 0 Å². The summed E-state index contributed by atoms with van der Waals surface area (Å²) in [5, 5.41) is 0.216. The summed E-state index contributed by atoms with van der Waals surface area (Å²) in [5.74, 6) is 5.93. The molecule has 0 aliphatic carbocycles. The summed E-state index contributed by atoms with van der Waals surface area (Å²) in [6, 6.07) is 8.03. The highest BCUT2D eigenvalue weighted by Gasteiger charge is 2.37. The van der Waals surface area contributed by atoms with Gasteiger partial charge in [0.25, 0.3) is 0 Å². The van der Waals surface area contributed by atoms with E-state index < -0.39 is 8.32 Å². The third kappa shape index (κ3) is 4.48. The monoisotopic (exact) mass is 289 g/mol. The van der Waals surface area contributed by atoms with Gasteiger partial charge in [0.1, 0.15) is 0 Å². The highest BCUT2D eigenvalue weighted by Crippen LogP contribution is 2.36. The van der Waals surface area contributed by atoms with Gasteiger partial charge in [-0.2, -0.15) is 0 Å². The van der Waals surface area contributed by atoms with Crippen molar-refractivity contribution in [1.82, 2.24) is 0 Å². The van der Waals surface area contributed by atoms with E-state index in [1.165, 1.54) is 0 Å². The quantitative estimate of drug-likeness (QED) is 0.669. The molecule has 110 valence electrons. The molecular weight excluding hydrogens is 262 g/mol. The summed E-state index contributed by atoms with van der Waals surface area (Å²) in [7, 11) is -1.73. The molecule has 0 amide bonds. The largest absolute Gasteiger partial charge is 0.415 e. The fraction of sp³-hybridized carbons (Fsp3) is 0.529. The highest BCUT2D eigenvalue weighted by molar-refractivity contribution is 6.74. The minimum atomic E-state index is -1.73. The van der Waals surface area contributed by atoms with E-state index in [0.717, 1.165) is 11.1 Å². The van der Waals surface area contributed by atoms with E-state index >= 15 is 0 Å². The highest BCUT2D eigenvalue weighted by atomic mass is 28.4. The molecule has 0 aromatic heterocycles. The van der Waals surface area contributed by atoms with Crippen LogP contribution in [0.4, 0.5) is 0 Å². The minimum Gasteiger partial charge on any atom is -0.415 e. The van der Waals surface area contributed by atoms with Gasteiger partial charge in [-0.05, 0) is 42.8 Å². The van der Waals surface area contributed by atoms with E-state index in [2.05, 4.69) is 45.7 Å². The van der Waals surface area contributed by atoms with Crippen LogP contribution in [0.25, 0.3) is 0 Å². The normalized spacial score (nSPS) is 13.6. The average molecular weight is 289 g/mol. The number of hydrogen-bond acceptors (Lipinski definition) is 2. The van der Waals surface area contributed by atoms with Gasteiger partial charge in [0.15, 0.2) is 8.32 Å². The van der Waals surface area contributed by atoms with E-state index in [4.69, 9.17) is 10.2 Å². The van der Waals surface area contributed by atoms with Gasteiger partial charge in [0.2, 0.25) is 0 Å². The number of hydrogen-bond donors (Lipinski definition) is 1. The summed E-state index contributed by atoms with van der Waals surface area (Å²) < 4.78 is 6.17. The Hall–Kier alpha value is -1.08. The Morgan fingerprint density at radius 2 is 1.75 bits per heavy atom. The Kier molecular flexibility index (Phi) is 5.58. The van der Waals surface area contributed by atoms with Crippen LogP contribution in [-0.2, 0) is 4.43 Å². The van der Waals surface area contributed by atoms with Crippen LogP contribution in [0.15, 0.2) is 24.3 Å². The molecule has 2 nitrogen and oxygen atoms in total. The van der Waals surface area contributed by atoms with Crippen LogP contribution >= 0.6 is 0 Å². The lowest BCUT2D eigenvalue weighted by atomic mass is 10.1. The maximum absolute atomic E-state index is 6.23. The first-order valence-corrected chi connectivity index (χ1v) is 10.0. The molecule has 0 saturated heterocycles. The first-order valence-electron chi connectivity index (χ1n) is 7.09. The van der Waals surface area contributed by atoms with E-state index in [-0.39, 0.29) is 11.1 Å². The summed E-state index contributed by atoms with van der Waals surface area (Å²) in [4.78, 5) is 0. The lowest BCUT2D eigenvalue weighted by molar-refractivity contribution is 0.264. The topological polar surface area (TPSA) is 35.2 Å². The molecule has 3 heteroatoms. The molecule has 0 aliphatic heterocycles. The molecular formula is C17H27NOSi. The van der Waals surface area contributed by atoms with Gasteiger partial charge in [-0.1, -0.05) is 38.8 Å². The third-order valence-corrected chi connectivity index (χ3v) is 8.54. The van der Waals surface area contributed by atoms with E-state index in [1.807, 2.05) is 31.2 Å². The molecule has 1 rings (SSSR count). The lowest BCUT2D eigenvalue weighted by Gasteiger charge is -2.37. The van der Waals surface area contributed by atoms with E-state index in [9.17, 15) is 0 Å². The fourth-order valence-corrected chi connectivity index (χ4v) is 2.60. The summed E-state index contributed by atoms with van der Waals surface area (Å²) in [6.45, 7) is 13.6. The van der Waals surface area contributed by atoms with Crippen LogP contribution in [0.2, 0.25) is 18.1 Å². The van der Waals surface area contributed by atoms with Crippen molar-refractivity contribution in [2.24, 2.45) is 5.73 Å². The maximum Gasteiger partial charge on any atom is 0.192 e. The number of rotatable bonds is 4. The van der Waals surface area contributed by atoms with Crippen LogP contribution in [-0.4, -0.2) is 14.9 Å². The Balaban J connectivity index is 2.67. The minimum absolute atomic E-state index is 0.0761. The fourth-order valence-electron chi connectivity index (χ4n) is 1.57. The van der Waals surface area contributed by atoms with E-state index in [0.29, 0.717) is 6.61 Å². The van der Waals surface area contributed by atoms with Gasteiger partial charge in [0, 0.05) is 5.56 Å². The average Bonchev–Trinajstić information content (AvgIpc) is 2.36. The predicted molar refractivity (Wildman–Crippen MR) is 89.1 cm³/mol. The summed E-state index contributed by atoms with van der Waals surface area (Å²) >= 11 is 0. The molecule has 1 aromatic rings. The van der Waals surface area contributed by atoms with Crippen molar-refractivity contribution in [1.29, 1.82) is 0 Å². The van der Waals surface area contributed by atoms with Crippen LogP contribution in [0.5, 0.6) is 0 Å². The van der Waals surface area contributed by atoms with Crippen molar-refractivity contribution in [3.63, 3.8) is 0 Å². The Morgan fingerprint density at radius 1 is 1.20 bits per heavy atom. The second-order valence-electron chi connectivity index (χ2n) is 6.67. The Morgan fingerprint density at radius 3 is 2.20 bits per heavy atom. The molecule has 0 saturated carbocycles. The smallest absolute Gasteiger partial charge is 0.192 e. The van der Waals surface area contributed by atoms with Crippen LogP contribution in [0, 0.1) is 11.8 Å². The zero-order valence-corrected chi connectivity index (χ0v) is 14.6. The molecule has 2 N–H and O–H groups in total. The standard InChI is InChI=1S/C17H27NOSi/c1-7-8-14-9-11-15(12-10-14)16(18)13-19-20(5,6)17(2,3)4/h9-12,16H,13,18H2,1-6H3/t16-/m0/s1. The van der Waals surface area contributed by atoms with Crippen molar-refractivity contribution in [3.05, 3.63) is 35.4 Å². The number of benzene rings is 1. The molecule has 1 aromatic carbocycles. The predicted octanol–water partition coefficient (Wildman–Crippen LogP) is 4.08. The number of nitrogens with two attached hydrogens (primary N) is 1. The van der Waals surface area contributed by atoms with Gasteiger partial charge >= 0.3 is 0 Å². The second-order valence-corrected chi connectivity index (χ2v) is 11.5. The molecule has 0 radical (unpaired) electrons. The molecule has 0 aliphatic rings. The van der Waals surface area contributed by atoms with Crippen molar-refractivity contribution >= 4 is 8.32 Å². The van der Waals surface area contributed by atoms with Crippen LogP contribution < -0.4 is 5.73 Å². The van der Waals surface area contributed by atoms with Gasteiger partial charge in [-0.25, -0.2) is 0 Å². The molecule has 1 atom stereocenters. The first kappa shape index (κ1) is 17.0. The van der Waals surface area contributed by atoms with Gasteiger partial charge in [-0.15, -0.1) is 5.92 Å². The molecule has 20 heavy (non-hydrogen) atoms. The lowest BCUT2D eigenvalue weighted by Crippen LogP contribution is -2.42. The maximum atomic E-state index is 6.23. The molecule has 0 unspecified atom stereocenters. The van der Waals surface area contributed by atoms with Crippen molar-refractivity contribution in [2.75, 3.05) is 6.61 Å². The van der Waals surface area contributed by atoms with Crippen molar-refractivity contribution in [3.8, 4) is 11.8 Å². The zero-order valence-electron chi connectivity index (χ0n) is 13.6. The molecule has 0 fully saturated rings. The third-order valence-electron chi connectivity index (χ3n) is 4.04. The van der Waals surface area contributed by atoms with Crippen molar-refractivity contribution < 1.29 is 4.43 Å². The molecule has 0 bridgehead atoms. The Bertz CT molecular complexity index is 488. The van der Waals surface area contributed by atoms with Gasteiger partial charge < -0.3 is 10.2 Å². The van der Waals surface area contributed by atoms with Crippen molar-refractivity contribution in [2.45, 2.75) is 51.9 Å². The van der Waals surface area contributed by atoms with Gasteiger partial charge in [-0.3, -0.25) is 0 Å². The first-order chi connectivity index (χ1) is 9.17. The summed E-state index contributed by atoms with van der Waals surface area (Å²) in [6.07, 6.45) is 0. The SMILES string of the molecule is CC#Cc1ccc([C@@H](N)CO[Si](C)(C)C(C)(C)C)cc1. The Labute approximate surface area is 124 Å². The zero-order chi connectivity index (χ0) is 15.4.